The molecule has 1 N–H and O–H groups in total. The fourth-order valence-corrected chi connectivity index (χ4v) is 1.81. The van der Waals surface area contributed by atoms with E-state index in [1.807, 2.05) is 0 Å². The fourth-order valence-electron chi connectivity index (χ4n) is 1.69. The molecule has 0 bridgehead atoms. The van der Waals surface area contributed by atoms with Crippen LogP contribution in [0.15, 0.2) is 0 Å². The highest BCUT2D eigenvalue weighted by molar-refractivity contribution is 6.22. The predicted octanol–water partition coefficient (Wildman–Crippen LogP) is 6.62. The first kappa shape index (κ1) is 32.4. The molecule has 0 aliphatic heterocycles. The van der Waals surface area contributed by atoms with Gasteiger partial charge in [-0.15, -0.1) is 0 Å². The topological polar surface area (TPSA) is 37.3 Å². The summed E-state index contributed by atoms with van der Waals surface area (Å²) in [6.07, 6.45) is 0. The Balaban J connectivity index is 7.11. The molecule has 0 aromatic heterocycles. The summed E-state index contributed by atoms with van der Waals surface area (Å²) in [5, 5.41) is 0.565. The average molecular weight is 581 g/mol. The van der Waals surface area contributed by atoms with Gasteiger partial charge in [-0.3, -0.25) is 0 Å². The van der Waals surface area contributed by atoms with Crippen LogP contribution < -0.4 is 0 Å². The first-order chi connectivity index (χ1) is 14.2. The Bertz CT molecular complexity index is 795. The Labute approximate surface area is 175 Å². The Hall–Kier alpha value is -1.64. The maximum absolute atomic E-state index is 13.3. The number of hydrogen-bond acceptors (Lipinski definition) is 1. The molecule has 0 saturated carbocycles. The monoisotopic (exact) mass is 580 g/mol. The lowest BCUT2D eigenvalue weighted by Gasteiger charge is -2.44. The van der Waals surface area contributed by atoms with Gasteiger partial charge in [-0.25, -0.2) is 4.79 Å². The molecule has 0 aliphatic carbocycles. The second-order valence-electron chi connectivity index (χ2n) is 5.97. The molecule has 0 saturated heterocycles. The molecule has 0 aromatic rings. The summed E-state index contributed by atoms with van der Waals surface area (Å²) in [6.45, 7) is 0. The Morgan fingerprint density at radius 2 is 0.588 bits per heavy atom. The molecule has 0 unspecified atom stereocenters. The second kappa shape index (κ2) is 7.68. The third-order valence-electron chi connectivity index (χ3n) is 3.78. The molecular weight excluding hydrogens is 580 g/mol. The van der Waals surface area contributed by atoms with Crippen LogP contribution in [-0.4, -0.2) is 69.8 Å². The summed E-state index contributed by atoms with van der Waals surface area (Å²) >= 11 is 3.25. The molecule has 0 amide bonds. The van der Waals surface area contributed by atoms with Gasteiger partial charge in [0.2, 0.25) is 0 Å². The summed E-state index contributed by atoms with van der Waals surface area (Å²) in [7, 11) is 0. The molecule has 204 valence electrons. The van der Waals surface area contributed by atoms with Crippen LogP contribution in [0.1, 0.15) is 0 Å². The zero-order valence-electron chi connectivity index (χ0n) is 14.3. The van der Waals surface area contributed by atoms with Gasteiger partial charge in [-0.1, -0.05) is 0 Å². The smallest absolute Gasteiger partial charge is 0.410 e. The summed E-state index contributed by atoms with van der Waals surface area (Å²) in [4.78, 5) is 9.85. The van der Waals surface area contributed by atoms with E-state index in [0.717, 1.165) is 0 Å². The largest absolute Gasteiger partial charge is 0.477 e. The summed E-state index contributed by atoms with van der Waals surface area (Å²) in [5.41, 5.74) is 0. The molecule has 0 spiro atoms. The molecule has 0 fully saturated rings. The normalized spacial score (nSPS) is 16.6. The van der Waals surface area contributed by atoms with E-state index in [2.05, 4.69) is 11.6 Å². The zero-order valence-corrected chi connectivity index (χ0v) is 15.0. The van der Waals surface area contributed by atoms with E-state index in [4.69, 9.17) is 5.11 Å². The number of hydrogen-bond donors (Lipinski definition) is 1. The van der Waals surface area contributed by atoms with Crippen molar-refractivity contribution >= 4 is 17.6 Å². The first-order valence-electron chi connectivity index (χ1n) is 6.90. The molecule has 23 heteroatoms. The van der Waals surface area contributed by atoms with Gasteiger partial charge in [-0.2, -0.15) is 87.8 Å². The van der Waals surface area contributed by atoms with Crippen LogP contribution in [0.5, 0.6) is 0 Å². The predicted molar refractivity (Wildman–Crippen MR) is 63.0 cm³/mol. The van der Waals surface area contributed by atoms with E-state index in [-0.39, 0.29) is 0 Å². The van der Waals surface area contributed by atoms with Crippen LogP contribution in [0.4, 0.5) is 87.8 Å². The van der Waals surface area contributed by atoms with E-state index in [1.165, 1.54) is 0 Å². The van der Waals surface area contributed by atoms with Crippen molar-refractivity contribution in [1.82, 2.24) is 0 Å². The minimum atomic E-state index is -9.20. The minimum Gasteiger partial charge on any atom is -0.477 e. The van der Waals surface area contributed by atoms with Gasteiger partial charge in [0, 0.05) is 0 Å². The second-order valence-corrected chi connectivity index (χ2v) is 6.45. The van der Waals surface area contributed by atoms with Gasteiger partial charge in [0.15, 0.2) is 0 Å². The fraction of sp³-hybridized carbons (Fsp3) is 0.909. The van der Waals surface area contributed by atoms with Crippen molar-refractivity contribution in [3.63, 3.8) is 0 Å². The van der Waals surface area contributed by atoms with Crippen molar-refractivity contribution in [3.05, 3.63) is 0 Å². The lowest BCUT2D eigenvalue weighted by Crippen LogP contribution is -2.77. The van der Waals surface area contributed by atoms with Crippen molar-refractivity contribution in [2.45, 2.75) is 58.7 Å². The summed E-state index contributed by atoms with van der Waals surface area (Å²) in [6, 6.07) is 0. The lowest BCUT2D eigenvalue weighted by atomic mass is 9.86. The quantitative estimate of drug-likeness (QED) is 0.233. The number of halogens is 21. The molecule has 0 rings (SSSR count). The van der Waals surface area contributed by atoms with E-state index >= 15 is 0 Å². The van der Waals surface area contributed by atoms with Crippen LogP contribution in [0.25, 0.3) is 0 Å². The van der Waals surface area contributed by atoms with E-state index in [1.54, 1.807) is 0 Å². The van der Waals surface area contributed by atoms with Crippen molar-refractivity contribution in [2.24, 2.45) is 0 Å². The Kier molecular flexibility index (Phi) is 7.31. The SMILES string of the molecule is O=C(O)C(F)(F)C(F)(F)C(F)(F)C(F)(F)C(F)(F)C(F)(F)C(F)(F)C(F)(F)C(F)(F)C(F)(F)Cl. The number of rotatable bonds is 10. The van der Waals surface area contributed by atoms with Crippen LogP contribution in [0.2, 0.25) is 0 Å². The molecule has 2 nitrogen and oxygen atoms in total. The van der Waals surface area contributed by atoms with Crippen molar-refractivity contribution in [2.75, 3.05) is 0 Å². The standard InChI is InChI=1S/C11HClF20O2/c12-11(31,32)10(29,30)9(27,28)8(25,26)7(23,24)6(21,22)5(19,20)4(17,18)3(15,16)2(13,14)1(33)34/h(H,33,34). The molecule has 0 atom stereocenters. The molecule has 34 heavy (non-hydrogen) atoms. The van der Waals surface area contributed by atoms with Gasteiger partial charge < -0.3 is 5.11 Å². The number of aliphatic carboxylic acids is 1. The van der Waals surface area contributed by atoms with Crippen molar-refractivity contribution < 1.29 is 97.7 Å². The van der Waals surface area contributed by atoms with Gasteiger partial charge in [0.25, 0.3) is 0 Å². The van der Waals surface area contributed by atoms with Gasteiger partial charge in [0.05, 0.1) is 0 Å². The highest BCUT2D eigenvalue weighted by Gasteiger charge is 2.98. The molecule has 0 heterocycles. The number of carboxylic acid groups (broad SMARTS) is 1. The van der Waals surface area contributed by atoms with E-state index in [0.29, 0.717) is 0 Å². The average Bonchev–Trinajstić information content (AvgIpc) is 2.58. The van der Waals surface area contributed by atoms with E-state index < -0.39 is 64.7 Å². The van der Waals surface area contributed by atoms with Crippen LogP contribution in [0.3, 0.4) is 0 Å². The molecule has 0 radical (unpaired) electrons. The van der Waals surface area contributed by atoms with Gasteiger partial charge in [0.1, 0.15) is 0 Å². The molecular formula is C11HClF20O2. The number of carbonyl (C=O) groups is 1. The summed E-state index contributed by atoms with van der Waals surface area (Å²) < 4.78 is 260. The third kappa shape index (κ3) is 3.59. The third-order valence-corrected chi connectivity index (χ3v) is 4.02. The maximum Gasteiger partial charge on any atom is 0.410 e. The van der Waals surface area contributed by atoms with Gasteiger partial charge >= 0.3 is 64.7 Å². The van der Waals surface area contributed by atoms with Crippen LogP contribution >= 0.6 is 11.6 Å². The van der Waals surface area contributed by atoms with Crippen LogP contribution in [0, 0.1) is 0 Å². The van der Waals surface area contributed by atoms with Crippen molar-refractivity contribution in [3.8, 4) is 0 Å². The zero-order chi connectivity index (χ0) is 28.6. The van der Waals surface area contributed by atoms with E-state index in [9.17, 15) is 92.6 Å². The highest BCUT2D eigenvalue weighted by Crippen LogP contribution is 2.66. The van der Waals surface area contributed by atoms with Gasteiger partial charge in [-0.05, 0) is 11.6 Å². The number of carboxylic acids is 1. The lowest BCUT2D eigenvalue weighted by molar-refractivity contribution is -0.465. The van der Waals surface area contributed by atoms with Crippen molar-refractivity contribution in [1.29, 1.82) is 0 Å². The highest BCUT2D eigenvalue weighted by atomic mass is 35.5. The van der Waals surface area contributed by atoms with Crippen LogP contribution in [-0.2, 0) is 4.79 Å². The summed E-state index contributed by atoms with van der Waals surface area (Å²) in [5.74, 6) is -82.6. The Morgan fingerprint density at radius 1 is 0.412 bits per heavy atom. The maximum atomic E-state index is 13.3. The number of alkyl halides is 21. The first-order valence-corrected chi connectivity index (χ1v) is 7.27. The molecule has 0 aliphatic rings. The Morgan fingerprint density at radius 3 is 0.765 bits per heavy atom. The minimum absolute atomic E-state index is 3.25. The molecule has 0 aromatic carbocycles.